The fourth-order valence-corrected chi connectivity index (χ4v) is 4.08. The van der Waals surface area contributed by atoms with Crippen LogP contribution in [0.5, 0.6) is 0 Å². The summed E-state index contributed by atoms with van der Waals surface area (Å²) in [4.78, 5) is 25.8. The fourth-order valence-electron chi connectivity index (χ4n) is 4.08. The number of hydrogen-bond acceptors (Lipinski definition) is 3. The number of carbonyl (C=O) groups is 1. The van der Waals surface area contributed by atoms with Gasteiger partial charge >= 0.3 is 6.18 Å². The largest absolute Gasteiger partial charge is 0.416 e. The van der Waals surface area contributed by atoms with Crippen LogP contribution >= 0.6 is 0 Å². The van der Waals surface area contributed by atoms with Gasteiger partial charge < -0.3 is 14.6 Å². The molecule has 0 spiro atoms. The Labute approximate surface area is 176 Å². The lowest BCUT2D eigenvalue weighted by Gasteiger charge is -2.39. The summed E-state index contributed by atoms with van der Waals surface area (Å²) in [6.07, 6.45) is -2.35. The molecule has 1 fully saturated rings. The van der Waals surface area contributed by atoms with Crippen LogP contribution in [-0.2, 0) is 23.5 Å². The maximum atomic E-state index is 13.4. The Bertz CT molecular complexity index is 1190. The molecular formula is C23H21F3N2O3. The average Bonchev–Trinajstić information content (AvgIpc) is 2.76. The molecule has 0 radical (unpaired) electrons. The van der Waals surface area contributed by atoms with Crippen LogP contribution in [0.4, 0.5) is 13.2 Å². The third-order valence-electron chi connectivity index (χ3n) is 5.78. The molecule has 8 heteroatoms. The van der Waals surface area contributed by atoms with E-state index in [2.05, 4.69) is 5.32 Å². The van der Waals surface area contributed by atoms with Gasteiger partial charge in [0.1, 0.15) is 0 Å². The van der Waals surface area contributed by atoms with Crippen molar-refractivity contribution >= 4 is 16.7 Å². The number of halogens is 3. The van der Waals surface area contributed by atoms with Gasteiger partial charge in [0.25, 0.3) is 11.5 Å². The lowest BCUT2D eigenvalue weighted by Crippen LogP contribution is -2.49. The number of rotatable bonds is 3. The fraction of sp³-hybridized carbons (Fsp3) is 0.304. The van der Waals surface area contributed by atoms with Crippen LogP contribution in [0.15, 0.2) is 59.5 Å². The lowest BCUT2D eigenvalue weighted by molar-refractivity contribution is -0.137. The van der Waals surface area contributed by atoms with Crippen molar-refractivity contribution < 1.29 is 22.7 Å². The standard InChI is InChI=1S/C23H21F3N2O3/c1-28-14-19(17-7-2-3-8-18(17)21(28)30)20(29)27-22(9-11-31-12-10-22)15-5-4-6-16(13-15)23(24,25)26/h2-8,13-14H,9-12H2,1H3,(H,27,29). The van der Waals surface area contributed by atoms with E-state index in [-0.39, 0.29) is 11.1 Å². The molecule has 1 amide bonds. The molecule has 4 rings (SSSR count). The molecule has 0 bridgehead atoms. The lowest BCUT2D eigenvalue weighted by atomic mass is 9.81. The molecule has 1 aliphatic rings. The maximum absolute atomic E-state index is 13.4. The summed E-state index contributed by atoms with van der Waals surface area (Å²) in [5, 5.41) is 3.88. The zero-order chi connectivity index (χ0) is 22.2. The Morgan fingerprint density at radius 3 is 2.42 bits per heavy atom. The summed E-state index contributed by atoms with van der Waals surface area (Å²) in [6.45, 7) is 0.620. The van der Waals surface area contributed by atoms with Gasteiger partial charge in [0, 0.05) is 37.2 Å². The molecule has 2 aromatic carbocycles. The topological polar surface area (TPSA) is 60.3 Å². The second-order valence-corrected chi connectivity index (χ2v) is 7.73. The molecule has 5 nitrogen and oxygen atoms in total. The van der Waals surface area contributed by atoms with Crippen LogP contribution in [0.1, 0.15) is 34.3 Å². The average molecular weight is 430 g/mol. The molecule has 1 aliphatic heterocycles. The Morgan fingerprint density at radius 2 is 1.74 bits per heavy atom. The van der Waals surface area contributed by atoms with Gasteiger partial charge in [0.15, 0.2) is 0 Å². The summed E-state index contributed by atoms with van der Waals surface area (Å²) in [7, 11) is 1.56. The minimum Gasteiger partial charge on any atom is -0.381 e. The molecule has 0 atom stereocenters. The van der Waals surface area contributed by atoms with Gasteiger partial charge in [-0.2, -0.15) is 13.2 Å². The van der Waals surface area contributed by atoms with E-state index in [0.29, 0.717) is 42.4 Å². The van der Waals surface area contributed by atoms with Crippen LogP contribution in [0.25, 0.3) is 10.8 Å². The normalized spacial score (nSPS) is 16.3. The van der Waals surface area contributed by atoms with Crippen LogP contribution in [-0.4, -0.2) is 23.7 Å². The number of carbonyl (C=O) groups excluding carboxylic acids is 1. The molecule has 0 unspecified atom stereocenters. The van der Waals surface area contributed by atoms with Crippen LogP contribution < -0.4 is 10.9 Å². The van der Waals surface area contributed by atoms with E-state index < -0.39 is 23.2 Å². The first-order valence-corrected chi connectivity index (χ1v) is 9.88. The number of amides is 1. The van der Waals surface area contributed by atoms with E-state index in [1.807, 2.05) is 0 Å². The number of fused-ring (bicyclic) bond motifs is 1. The minimum absolute atomic E-state index is 0.231. The number of pyridine rings is 1. The van der Waals surface area contributed by atoms with E-state index in [9.17, 15) is 22.8 Å². The van der Waals surface area contributed by atoms with E-state index in [4.69, 9.17) is 4.74 Å². The van der Waals surface area contributed by atoms with Gasteiger partial charge in [0.05, 0.1) is 16.7 Å². The van der Waals surface area contributed by atoms with E-state index in [0.717, 1.165) is 12.1 Å². The highest BCUT2D eigenvalue weighted by Crippen LogP contribution is 2.37. The van der Waals surface area contributed by atoms with Gasteiger partial charge in [-0.05, 0) is 36.6 Å². The van der Waals surface area contributed by atoms with Crippen molar-refractivity contribution in [2.24, 2.45) is 7.05 Å². The van der Waals surface area contributed by atoms with Gasteiger partial charge in [-0.15, -0.1) is 0 Å². The summed E-state index contributed by atoms with van der Waals surface area (Å²) < 4.78 is 46.6. The Balaban J connectivity index is 1.78. The molecule has 1 N–H and O–H groups in total. The van der Waals surface area contributed by atoms with Gasteiger partial charge in [-0.1, -0.05) is 30.3 Å². The molecule has 31 heavy (non-hydrogen) atoms. The predicted molar refractivity (Wildman–Crippen MR) is 110 cm³/mol. The quantitative estimate of drug-likeness (QED) is 0.684. The first kappa shape index (κ1) is 21.1. The van der Waals surface area contributed by atoms with Crippen molar-refractivity contribution in [3.8, 4) is 0 Å². The highest BCUT2D eigenvalue weighted by Gasteiger charge is 2.39. The van der Waals surface area contributed by atoms with E-state index in [1.54, 1.807) is 37.4 Å². The first-order chi connectivity index (χ1) is 14.7. The van der Waals surface area contributed by atoms with Crippen LogP contribution in [0.2, 0.25) is 0 Å². The molecule has 3 aromatic rings. The van der Waals surface area contributed by atoms with Gasteiger partial charge in [0.2, 0.25) is 0 Å². The van der Waals surface area contributed by atoms with Crippen molar-refractivity contribution in [1.82, 2.24) is 9.88 Å². The predicted octanol–water partition coefficient (Wildman–Crippen LogP) is 3.99. The van der Waals surface area contributed by atoms with E-state index >= 15 is 0 Å². The highest BCUT2D eigenvalue weighted by atomic mass is 19.4. The van der Waals surface area contributed by atoms with Crippen molar-refractivity contribution in [2.45, 2.75) is 24.6 Å². The number of benzene rings is 2. The molecule has 0 saturated carbocycles. The summed E-state index contributed by atoms with van der Waals surface area (Å²) in [5.74, 6) is -0.453. The molecule has 1 aromatic heterocycles. The second-order valence-electron chi connectivity index (χ2n) is 7.73. The Hall–Kier alpha value is -3.13. The van der Waals surface area contributed by atoms with Crippen LogP contribution in [0.3, 0.4) is 0 Å². The molecular weight excluding hydrogens is 409 g/mol. The first-order valence-electron chi connectivity index (χ1n) is 9.88. The number of nitrogens with one attached hydrogen (secondary N) is 1. The summed E-state index contributed by atoms with van der Waals surface area (Å²) in [6, 6.07) is 11.8. The molecule has 0 aliphatic carbocycles. The maximum Gasteiger partial charge on any atom is 0.416 e. The van der Waals surface area contributed by atoms with Gasteiger partial charge in [-0.25, -0.2) is 0 Å². The summed E-state index contributed by atoms with van der Waals surface area (Å²) in [5.41, 5.74) is -1.33. The third kappa shape index (κ3) is 3.95. The molecule has 1 saturated heterocycles. The second kappa shape index (κ2) is 7.85. The third-order valence-corrected chi connectivity index (χ3v) is 5.78. The van der Waals surface area contributed by atoms with Gasteiger partial charge in [-0.3, -0.25) is 9.59 Å². The number of aryl methyl sites for hydroxylation is 1. The zero-order valence-electron chi connectivity index (χ0n) is 16.8. The molecule has 162 valence electrons. The number of ether oxygens (including phenoxy) is 1. The number of aromatic nitrogens is 1. The number of hydrogen-bond donors (Lipinski definition) is 1. The number of nitrogens with zero attached hydrogens (tertiary/aromatic N) is 1. The Kier molecular flexibility index (Phi) is 5.35. The Morgan fingerprint density at radius 1 is 1.06 bits per heavy atom. The van der Waals surface area contributed by atoms with Crippen molar-refractivity contribution in [2.75, 3.05) is 13.2 Å². The smallest absolute Gasteiger partial charge is 0.381 e. The SMILES string of the molecule is Cn1cc(C(=O)NC2(c3cccc(C(F)(F)F)c3)CCOCC2)c2ccccc2c1=O. The van der Waals surface area contributed by atoms with E-state index in [1.165, 1.54) is 16.8 Å². The van der Waals surface area contributed by atoms with Crippen molar-refractivity contribution in [3.05, 3.63) is 81.8 Å². The van der Waals surface area contributed by atoms with Crippen molar-refractivity contribution in [3.63, 3.8) is 0 Å². The monoisotopic (exact) mass is 430 g/mol. The summed E-state index contributed by atoms with van der Waals surface area (Å²) >= 11 is 0. The molecule has 2 heterocycles. The minimum atomic E-state index is -4.49. The van der Waals surface area contributed by atoms with Crippen molar-refractivity contribution in [1.29, 1.82) is 0 Å². The zero-order valence-corrected chi connectivity index (χ0v) is 16.8. The number of alkyl halides is 3. The highest BCUT2D eigenvalue weighted by molar-refractivity contribution is 6.06. The van der Waals surface area contributed by atoms with Crippen LogP contribution in [0, 0.1) is 0 Å².